The van der Waals surface area contributed by atoms with Gasteiger partial charge in [-0.05, 0) is 26.2 Å². The van der Waals surface area contributed by atoms with E-state index in [0.29, 0.717) is 11.6 Å². The molecule has 1 aliphatic carbocycles. The topological polar surface area (TPSA) is 23.9 Å². The first-order valence-electron chi connectivity index (χ1n) is 3.93. The quantitative estimate of drug-likeness (QED) is 0.381. The molecule has 0 aliphatic heterocycles. The molecule has 1 unspecified atom stereocenters. The molecule has 1 N–H and O–H groups in total. The maximum atomic E-state index is 7.51. The van der Waals surface area contributed by atoms with E-state index in [0.717, 1.165) is 19.3 Å². The van der Waals surface area contributed by atoms with Crippen LogP contribution < -0.4 is 0 Å². The summed E-state index contributed by atoms with van der Waals surface area (Å²) in [7, 11) is 0. The highest BCUT2D eigenvalue weighted by Gasteiger charge is 2.14. The summed E-state index contributed by atoms with van der Waals surface area (Å²) >= 11 is 4.71. The van der Waals surface area contributed by atoms with Gasteiger partial charge in [0.2, 0.25) is 0 Å². The molecule has 0 radical (unpaired) electrons. The number of thiocarbonyl (C=S) groups is 1. The maximum Gasteiger partial charge on any atom is 0.0455 e. The van der Waals surface area contributed by atoms with E-state index in [4.69, 9.17) is 17.6 Å². The summed E-state index contributed by atoms with van der Waals surface area (Å²) in [5, 5.41) is 9.01. The van der Waals surface area contributed by atoms with Gasteiger partial charge >= 0.3 is 0 Å². The second-order valence-electron chi connectivity index (χ2n) is 3.09. The Labute approximate surface area is 73.0 Å². The van der Waals surface area contributed by atoms with Crippen molar-refractivity contribution in [1.82, 2.24) is 0 Å². The largest absolute Gasteiger partial charge is 0.304 e. The van der Waals surface area contributed by atoms with Crippen molar-refractivity contribution < 1.29 is 0 Å². The minimum absolute atomic E-state index is 0.399. The lowest BCUT2D eigenvalue weighted by Gasteiger charge is -2.18. The zero-order valence-electron chi connectivity index (χ0n) is 6.76. The van der Waals surface area contributed by atoms with Crippen LogP contribution in [0.5, 0.6) is 0 Å². The van der Waals surface area contributed by atoms with E-state index in [2.05, 4.69) is 13.0 Å². The van der Waals surface area contributed by atoms with Crippen molar-refractivity contribution in [1.29, 1.82) is 5.41 Å². The number of hydrogen-bond acceptors (Lipinski definition) is 2. The van der Waals surface area contributed by atoms with E-state index in [9.17, 15) is 0 Å². The molecule has 0 saturated heterocycles. The van der Waals surface area contributed by atoms with Gasteiger partial charge in [-0.3, -0.25) is 0 Å². The molecule has 0 aromatic carbocycles. The van der Waals surface area contributed by atoms with Crippen molar-refractivity contribution in [3.05, 3.63) is 11.6 Å². The molecule has 1 nitrogen and oxygen atoms in total. The Morgan fingerprint density at radius 2 is 2.55 bits per heavy atom. The number of nitrogens with one attached hydrogen (secondary N) is 1. The van der Waals surface area contributed by atoms with Gasteiger partial charge in [0, 0.05) is 17.0 Å². The highest BCUT2D eigenvalue weighted by molar-refractivity contribution is 7.80. The summed E-state index contributed by atoms with van der Waals surface area (Å²) in [5.41, 5.74) is 2.09. The second kappa shape index (κ2) is 3.77. The minimum Gasteiger partial charge on any atom is -0.304 e. The maximum absolute atomic E-state index is 7.51. The van der Waals surface area contributed by atoms with Gasteiger partial charge in [0.05, 0.1) is 0 Å². The Hall–Kier alpha value is -0.500. The third-order valence-corrected chi connectivity index (χ3v) is 2.46. The van der Waals surface area contributed by atoms with Crippen molar-refractivity contribution in [3.63, 3.8) is 0 Å². The fourth-order valence-corrected chi connectivity index (χ4v) is 1.54. The third-order valence-electron chi connectivity index (χ3n) is 2.20. The Morgan fingerprint density at radius 3 is 3.00 bits per heavy atom. The fraction of sp³-hybridized carbons (Fsp3) is 0.556. The number of rotatable bonds is 2. The average molecular weight is 167 g/mol. The van der Waals surface area contributed by atoms with E-state index < -0.39 is 0 Å². The van der Waals surface area contributed by atoms with Gasteiger partial charge in [-0.25, -0.2) is 0 Å². The first-order valence-corrected chi connectivity index (χ1v) is 4.40. The molecule has 1 rings (SSSR count). The highest BCUT2D eigenvalue weighted by Crippen LogP contribution is 2.23. The molecule has 0 bridgehead atoms. The van der Waals surface area contributed by atoms with Gasteiger partial charge in [0.15, 0.2) is 0 Å². The Kier molecular flexibility index (Phi) is 2.94. The van der Waals surface area contributed by atoms with Crippen LogP contribution in [-0.2, 0) is 0 Å². The summed E-state index contributed by atoms with van der Waals surface area (Å²) in [6, 6.07) is 0. The smallest absolute Gasteiger partial charge is 0.0455 e. The van der Waals surface area contributed by atoms with Crippen LogP contribution >= 0.6 is 12.2 Å². The first kappa shape index (κ1) is 8.60. The SMILES string of the molecule is CC1=CCC(C(=N)C=S)CC1. The molecule has 0 saturated carbocycles. The molecule has 0 fully saturated rings. The van der Waals surface area contributed by atoms with Crippen molar-refractivity contribution in [2.45, 2.75) is 26.2 Å². The Bertz CT molecular complexity index is 206. The summed E-state index contributed by atoms with van der Waals surface area (Å²) in [6.45, 7) is 2.15. The van der Waals surface area contributed by atoms with Crippen LogP contribution in [0.15, 0.2) is 11.6 Å². The van der Waals surface area contributed by atoms with Crippen LogP contribution in [0, 0.1) is 11.3 Å². The van der Waals surface area contributed by atoms with Crippen molar-refractivity contribution >= 4 is 23.3 Å². The lowest BCUT2D eigenvalue weighted by atomic mass is 9.87. The molecule has 1 atom stereocenters. The molecule has 0 heterocycles. The van der Waals surface area contributed by atoms with Crippen LogP contribution in [0.1, 0.15) is 26.2 Å². The van der Waals surface area contributed by atoms with Crippen LogP contribution in [0.3, 0.4) is 0 Å². The second-order valence-corrected chi connectivity index (χ2v) is 3.33. The lowest BCUT2D eigenvalue weighted by Crippen LogP contribution is -2.15. The standard InChI is InChI=1S/C9H13NS/c1-7-2-4-8(5-3-7)9(10)6-11/h2,6,8,10H,3-5H2,1H3. The summed E-state index contributed by atoms with van der Waals surface area (Å²) in [6.07, 6.45) is 5.48. The van der Waals surface area contributed by atoms with E-state index in [1.165, 1.54) is 10.9 Å². The predicted molar refractivity (Wildman–Crippen MR) is 52.5 cm³/mol. The molecular weight excluding hydrogens is 154 g/mol. The molecule has 11 heavy (non-hydrogen) atoms. The van der Waals surface area contributed by atoms with Gasteiger partial charge in [0.25, 0.3) is 0 Å². The Balaban J connectivity index is 2.53. The zero-order chi connectivity index (χ0) is 8.27. The molecule has 0 aromatic heterocycles. The summed E-state index contributed by atoms with van der Waals surface area (Å²) < 4.78 is 0. The normalized spacial score (nSPS) is 24.1. The van der Waals surface area contributed by atoms with Gasteiger partial charge in [-0.1, -0.05) is 23.9 Å². The van der Waals surface area contributed by atoms with E-state index in [1.807, 2.05) is 0 Å². The van der Waals surface area contributed by atoms with Crippen molar-refractivity contribution in [3.8, 4) is 0 Å². The van der Waals surface area contributed by atoms with E-state index >= 15 is 0 Å². The molecule has 1 aliphatic rings. The molecule has 0 amide bonds. The van der Waals surface area contributed by atoms with Crippen LogP contribution in [0.25, 0.3) is 0 Å². The summed E-state index contributed by atoms with van der Waals surface area (Å²) in [5.74, 6) is 0.399. The third kappa shape index (κ3) is 2.22. The molecule has 0 aromatic rings. The van der Waals surface area contributed by atoms with E-state index in [-0.39, 0.29) is 0 Å². The van der Waals surface area contributed by atoms with Crippen LogP contribution in [-0.4, -0.2) is 11.1 Å². The average Bonchev–Trinajstić information content (AvgIpc) is 2.05. The summed E-state index contributed by atoms with van der Waals surface area (Å²) in [4.78, 5) is 0. The molecule has 0 spiro atoms. The number of allylic oxidation sites excluding steroid dienone is 2. The van der Waals surface area contributed by atoms with Gasteiger partial charge in [-0.15, -0.1) is 0 Å². The number of hydrogen-bond donors (Lipinski definition) is 1. The van der Waals surface area contributed by atoms with Crippen molar-refractivity contribution in [2.75, 3.05) is 0 Å². The van der Waals surface area contributed by atoms with Crippen molar-refractivity contribution in [2.24, 2.45) is 5.92 Å². The molecular formula is C9H13NS. The zero-order valence-corrected chi connectivity index (χ0v) is 7.58. The van der Waals surface area contributed by atoms with Crippen LogP contribution in [0.2, 0.25) is 0 Å². The minimum atomic E-state index is 0.399. The molecule has 60 valence electrons. The van der Waals surface area contributed by atoms with E-state index in [1.54, 1.807) is 0 Å². The first-order chi connectivity index (χ1) is 5.24. The van der Waals surface area contributed by atoms with Crippen LogP contribution in [0.4, 0.5) is 0 Å². The predicted octanol–water partition coefficient (Wildman–Crippen LogP) is 2.75. The lowest BCUT2D eigenvalue weighted by molar-refractivity contribution is 0.601. The monoisotopic (exact) mass is 167 g/mol. The fourth-order valence-electron chi connectivity index (χ4n) is 1.34. The highest BCUT2D eigenvalue weighted by atomic mass is 32.1. The van der Waals surface area contributed by atoms with Gasteiger partial charge in [0.1, 0.15) is 0 Å². The van der Waals surface area contributed by atoms with Gasteiger partial charge in [-0.2, -0.15) is 0 Å². The molecule has 2 heteroatoms. The van der Waals surface area contributed by atoms with Gasteiger partial charge < -0.3 is 5.41 Å². The Morgan fingerprint density at radius 1 is 1.82 bits per heavy atom.